The molecule has 2 fully saturated rings. The Hall–Kier alpha value is -2.42. The molecule has 0 radical (unpaired) electrons. The second kappa shape index (κ2) is 8.61. The highest BCUT2D eigenvalue weighted by Gasteiger charge is 2.47. The highest BCUT2D eigenvalue weighted by atomic mass is 16.2. The van der Waals surface area contributed by atoms with Gasteiger partial charge in [0.1, 0.15) is 11.2 Å². The van der Waals surface area contributed by atoms with Crippen LogP contribution in [0, 0.1) is 0 Å². The molecule has 9 heteroatoms. The lowest BCUT2D eigenvalue weighted by molar-refractivity contribution is -0.133. The largest absolute Gasteiger partial charge is 0.351 e. The molecule has 3 heterocycles. The Morgan fingerprint density at radius 3 is 2.52 bits per heavy atom. The predicted molar refractivity (Wildman–Crippen MR) is 116 cm³/mol. The molecule has 1 saturated carbocycles. The molecule has 0 spiro atoms. The summed E-state index contributed by atoms with van der Waals surface area (Å²) in [5.41, 5.74) is -0.395. The topological polar surface area (TPSA) is 90.8 Å². The van der Waals surface area contributed by atoms with Crippen molar-refractivity contribution in [1.82, 2.24) is 29.8 Å². The van der Waals surface area contributed by atoms with Crippen molar-refractivity contribution in [2.75, 3.05) is 39.8 Å². The minimum atomic E-state index is -1.04. The quantitative estimate of drug-likeness (QED) is 0.751. The number of hydrogen-bond donors (Lipinski definition) is 1. The van der Waals surface area contributed by atoms with E-state index in [-0.39, 0.29) is 36.0 Å². The molecule has 4 rings (SSSR count). The van der Waals surface area contributed by atoms with E-state index < -0.39 is 5.54 Å². The summed E-state index contributed by atoms with van der Waals surface area (Å²) in [5.74, 6) is -0.587. The number of amides is 3. The monoisotopic (exact) mass is 430 g/mol. The summed E-state index contributed by atoms with van der Waals surface area (Å²) in [7, 11) is 1.65. The molecular weight excluding hydrogens is 396 g/mol. The Morgan fingerprint density at radius 1 is 1.19 bits per heavy atom. The maximum absolute atomic E-state index is 13.1. The van der Waals surface area contributed by atoms with Crippen molar-refractivity contribution in [2.24, 2.45) is 0 Å². The van der Waals surface area contributed by atoms with E-state index in [0.29, 0.717) is 18.8 Å². The van der Waals surface area contributed by atoms with Gasteiger partial charge in [0.15, 0.2) is 5.69 Å². The number of hydrogen-bond acceptors (Lipinski definition) is 5. The van der Waals surface area contributed by atoms with Gasteiger partial charge in [0.25, 0.3) is 11.8 Å². The SMILES string of the molecule is CCCN1CCN(C(=O)c2cc3n(n2)C[C@@](C)(C(=O)NC2CCCC2)N(C)C3=O)CC1. The van der Waals surface area contributed by atoms with Crippen molar-refractivity contribution in [3.8, 4) is 0 Å². The smallest absolute Gasteiger partial charge is 0.274 e. The standard InChI is InChI=1S/C22H34N6O3/c1-4-9-26-10-12-27(13-11-26)19(29)17-14-18-20(30)25(3)22(2,15-28(18)24-17)21(31)23-16-7-5-6-8-16/h14,16H,4-13,15H2,1-3H3,(H,23,31)/t22-/m0/s1. The summed E-state index contributed by atoms with van der Waals surface area (Å²) in [6.45, 7) is 8.25. The van der Waals surface area contributed by atoms with Crippen LogP contribution in [0.5, 0.6) is 0 Å². The Bertz CT molecular complexity index is 853. The summed E-state index contributed by atoms with van der Waals surface area (Å²) in [4.78, 5) is 44.8. The van der Waals surface area contributed by atoms with E-state index >= 15 is 0 Å². The molecule has 9 nitrogen and oxygen atoms in total. The van der Waals surface area contributed by atoms with Gasteiger partial charge in [0.05, 0.1) is 6.54 Å². The molecule has 1 saturated heterocycles. The van der Waals surface area contributed by atoms with Crippen LogP contribution in [0.25, 0.3) is 0 Å². The molecule has 0 aromatic carbocycles. The molecule has 31 heavy (non-hydrogen) atoms. The van der Waals surface area contributed by atoms with E-state index in [2.05, 4.69) is 22.2 Å². The molecule has 1 aliphatic carbocycles. The van der Waals surface area contributed by atoms with E-state index in [1.165, 1.54) is 9.58 Å². The number of carbonyl (C=O) groups is 3. The Labute approximate surface area is 183 Å². The number of nitrogens with one attached hydrogen (secondary N) is 1. The fourth-order valence-corrected chi connectivity index (χ4v) is 4.90. The normalized spacial score (nSPS) is 25.1. The van der Waals surface area contributed by atoms with Crippen LogP contribution in [-0.4, -0.2) is 93.6 Å². The number of likely N-dealkylation sites (N-methyl/N-ethyl adjacent to an activating group) is 1. The van der Waals surface area contributed by atoms with Crippen LogP contribution in [0.3, 0.4) is 0 Å². The summed E-state index contributed by atoms with van der Waals surface area (Å²) in [6.07, 6.45) is 5.31. The van der Waals surface area contributed by atoms with Crippen LogP contribution in [0.4, 0.5) is 0 Å². The zero-order chi connectivity index (χ0) is 22.2. The summed E-state index contributed by atoms with van der Waals surface area (Å²) in [6, 6.07) is 1.75. The van der Waals surface area contributed by atoms with E-state index in [9.17, 15) is 14.4 Å². The van der Waals surface area contributed by atoms with Crippen LogP contribution in [0.1, 0.15) is 66.9 Å². The fraction of sp³-hybridized carbons (Fsp3) is 0.727. The Balaban J connectivity index is 1.49. The second-order valence-corrected chi connectivity index (χ2v) is 9.30. The van der Waals surface area contributed by atoms with Crippen LogP contribution in [-0.2, 0) is 11.3 Å². The lowest BCUT2D eigenvalue weighted by Crippen LogP contribution is -2.63. The first-order valence-electron chi connectivity index (χ1n) is 11.5. The van der Waals surface area contributed by atoms with Gasteiger partial charge in [-0.05, 0) is 32.7 Å². The van der Waals surface area contributed by atoms with Gasteiger partial charge >= 0.3 is 0 Å². The molecule has 0 unspecified atom stereocenters. The van der Waals surface area contributed by atoms with Gasteiger partial charge < -0.3 is 15.1 Å². The van der Waals surface area contributed by atoms with Gasteiger partial charge in [-0.2, -0.15) is 5.10 Å². The van der Waals surface area contributed by atoms with Gasteiger partial charge in [0, 0.05) is 45.3 Å². The fourth-order valence-electron chi connectivity index (χ4n) is 4.90. The first kappa shape index (κ1) is 21.8. The predicted octanol–water partition coefficient (Wildman–Crippen LogP) is 0.954. The van der Waals surface area contributed by atoms with Gasteiger partial charge in [-0.1, -0.05) is 19.8 Å². The van der Waals surface area contributed by atoms with Crippen molar-refractivity contribution >= 4 is 17.7 Å². The van der Waals surface area contributed by atoms with E-state index in [1.807, 2.05) is 0 Å². The molecule has 1 aromatic heterocycles. The number of fused-ring (bicyclic) bond motifs is 1. The molecule has 1 N–H and O–H groups in total. The highest BCUT2D eigenvalue weighted by Crippen LogP contribution is 2.27. The first-order valence-corrected chi connectivity index (χ1v) is 11.5. The zero-order valence-electron chi connectivity index (χ0n) is 18.9. The first-order chi connectivity index (χ1) is 14.8. The highest BCUT2D eigenvalue weighted by molar-refractivity contribution is 6.01. The lowest BCUT2D eigenvalue weighted by atomic mass is 9.95. The minimum absolute atomic E-state index is 0.148. The van der Waals surface area contributed by atoms with E-state index in [4.69, 9.17) is 0 Å². The number of aromatic nitrogens is 2. The second-order valence-electron chi connectivity index (χ2n) is 9.30. The lowest BCUT2D eigenvalue weighted by Gasteiger charge is -2.41. The van der Waals surface area contributed by atoms with Gasteiger partial charge in [-0.25, -0.2) is 0 Å². The number of rotatable bonds is 5. The molecule has 170 valence electrons. The van der Waals surface area contributed by atoms with Crippen molar-refractivity contribution in [3.05, 3.63) is 17.5 Å². The molecule has 3 amide bonds. The van der Waals surface area contributed by atoms with E-state index in [1.54, 1.807) is 24.9 Å². The van der Waals surface area contributed by atoms with Crippen molar-refractivity contribution in [3.63, 3.8) is 0 Å². The number of piperazine rings is 1. The third-order valence-corrected chi connectivity index (χ3v) is 7.10. The third kappa shape index (κ3) is 4.07. The van der Waals surface area contributed by atoms with E-state index in [0.717, 1.165) is 51.7 Å². The summed E-state index contributed by atoms with van der Waals surface area (Å²) < 4.78 is 1.54. The van der Waals surface area contributed by atoms with Crippen molar-refractivity contribution in [1.29, 1.82) is 0 Å². The third-order valence-electron chi connectivity index (χ3n) is 7.10. The Kier molecular flexibility index (Phi) is 6.05. The summed E-state index contributed by atoms with van der Waals surface area (Å²) in [5, 5.41) is 7.57. The molecule has 3 aliphatic rings. The number of nitrogens with zero attached hydrogens (tertiary/aromatic N) is 5. The van der Waals surface area contributed by atoms with Crippen molar-refractivity contribution < 1.29 is 14.4 Å². The minimum Gasteiger partial charge on any atom is -0.351 e. The van der Waals surface area contributed by atoms with Crippen LogP contribution >= 0.6 is 0 Å². The molecular formula is C22H34N6O3. The zero-order valence-corrected chi connectivity index (χ0v) is 18.9. The molecule has 1 aromatic rings. The maximum Gasteiger partial charge on any atom is 0.274 e. The van der Waals surface area contributed by atoms with Crippen molar-refractivity contribution in [2.45, 2.75) is 64.1 Å². The summed E-state index contributed by atoms with van der Waals surface area (Å²) >= 11 is 0. The maximum atomic E-state index is 13.1. The van der Waals surface area contributed by atoms with Crippen LogP contribution in [0.2, 0.25) is 0 Å². The van der Waals surface area contributed by atoms with Crippen LogP contribution < -0.4 is 5.32 Å². The molecule has 2 aliphatic heterocycles. The van der Waals surface area contributed by atoms with Gasteiger partial charge in [-0.15, -0.1) is 0 Å². The number of carbonyl (C=O) groups excluding carboxylic acids is 3. The van der Waals surface area contributed by atoms with Crippen LogP contribution in [0.15, 0.2) is 6.07 Å². The molecule has 1 atom stereocenters. The average molecular weight is 431 g/mol. The Morgan fingerprint density at radius 2 is 1.87 bits per heavy atom. The van der Waals surface area contributed by atoms with Gasteiger partial charge in [-0.3, -0.25) is 24.0 Å². The average Bonchev–Trinajstić information content (AvgIpc) is 3.42. The van der Waals surface area contributed by atoms with Gasteiger partial charge in [0.2, 0.25) is 5.91 Å². The molecule has 0 bridgehead atoms.